The second-order valence-electron chi connectivity index (χ2n) is 6.81. The highest BCUT2D eigenvalue weighted by atomic mass is 79.9. The highest BCUT2D eigenvalue weighted by Crippen LogP contribution is 2.23. The van der Waals surface area contributed by atoms with E-state index in [1.165, 1.54) is 5.56 Å². The highest BCUT2D eigenvalue weighted by molar-refractivity contribution is 9.10. The van der Waals surface area contributed by atoms with Crippen LogP contribution in [0.5, 0.6) is 0 Å². The topological polar surface area (TPSA) is 58.8 Å². The molecule has 0 aliphatic carbocycles. The van der Waals surface area contributed by atoms with Crippen LogP contribution in [0.15, 0.2) is 28.7 Å². The molecular formula is C17H26BrN3O2. The first-order chi connectivity index (χ1) is 10.8. The molecule has 0 aromatic heterocycles. The average molecular weight is 384 g/mol. The van der Waals surface area contributed by atoms with Crippen molar-refractivity contribution in [3.63, 3.8) is 0 Å². The molecule has 1 aromatic carbocycles. The van der Waals surface area contributed by atoms with Gasteiger partial charge in [-0.25, -0.2) is 4.79 Å². The predicted molar refractivity (Wildman–Crippen MR) is 95.3 cm³/mol. The van der Waals surface area contributed by atoms with E-state index in [4.69, 9.17) is 10.5 Å². The van der Waals surface area contributed by atoms with Crippen LogP contribution in [0.4, 0.5) is 4.79 Å². The molecule has 0 unspecified atom stereocenters. The molecule has 128 valence electrons. The third-order valence-electron chi connectivity index (χ3n) is 3.88. The molecule has 2 rings (SSSR count). The Morgan fingerprint density at radius 2 is 1.78 bits per heavy atom. The van der Waals surface area contributed by atoms with E-state index in [2.05, 4.69) is 33.0 Å². The zero-order valence-electron chi connectivity index (χ0n) is 14.1. The van der Waals surface area contributed by atoms with Crippen LogP contribution in [0.3, 0.4) is 0 Å². The summed E-state index contributed by atoms with van der Waals surface area (Å²) in [7, 11) is 0. The molecule has 0 saturated carbocycles. The van der Waals surface area contributed by atoms with Crippen LogP contribution in [0.2, 0.25) is 0 Å². The molecule has 1 atom stereocenters. The lowest BCUT2D eigenvalue weighted by Crippen LogP contribution is -2.51. The minimum absolute atomic E-state index is 0.184. The quantitative estimate of drug-likeness (QED) is 0.871. The number of halogens is 1. The van der Waals surface area contributed by atoms with Crippen LogP contribution < -0.4 is 5.73 Å². The maximum absolute atomic E-state index is 12.1. The van der Waals surface area contributed by atoms with Gasteiger partial charge in [-0.15, -0.1) is 0 Å². The molecule has 0 bridgehead atoms. The van der Waals surface area contributed by atoms with E-state index in [-0.39, 0.29) is 12.1 Å². The lowest BCUT2D eigenvalue weighted by Gasteiger charge is -2.39. The molecule has 1 amide bonds. The highest BCUT2D eigenvalue weighted by Gasteiger charge is 2.28. The molecule has 5 nitrogen and oxygen atoms in total. The zero-order chi connectivity index (χ0) is 17.0. The Morgan fingerprint density at radius 3 is 2.26 bits per heavy atom. The molecule has 0 spiro atoms. The second-order valence-corrected chi connectivity index (χ2v) is 7.72. The number of nitrogens with two attached hydrogens (primary N) is 1. The molecule has 1 aliphatic rings. The maximum Gasteiger partial charge on any atom is 0.410 e. The van der Waals surface area contributed by atoms with E-state index in [1.54, 1.807) is 4.90 Å². The summed E-state index contributed by atoms with van der Waals surface area (Å²) in [4.78, 5) is 16.2. The minimum Gasteiger partial charge on any atom is -0.444 e. The van der Waals surface area contributed by atoms with E-state index in [9.17, 15) is 4.79 Å². The Kier molecular flexibility index (Phi) is 6.06. The standard InChI is InChI=1S/C17H26BrN3O2/c1-17(2,3)23-16(22)21-10-8-20(9-11-21)15(12-19)13-4-6-14(18)7-5-13/h4-7,15H,8-12,19H2,1-3H3/t15-/m1/s1. The fraction of sp³-hybridized carbons (Fsp3) is 0.588. The number of hydrogen-bond acceptors (Lipinski definition) is 4. The number of rotatable bonds is 3. The number of nitrogens with zero attached hydrogens (tertiary/aromatic N) is 2. The van der Waals surface area contributed by atoms with E-state index >= 15 is 0 Å². The third kappa shape index (κ3) is 5.19. The molecule has 1 fully saturated rings. The third-order valence-corrected chi connectivity index (χ3v) is 4.41. The number of piperazine rings is 1. The predicted octanol–water partition coefficient (Wildman–Crippen LogP) is 3.00. The smallest absolute Gasteiger partial charge is 0.410 e. The average Bonchev–Trinajstić information content (AvgIpc) is 2.49. The summed E-state index contributed by atoms with van der Waals surface area (Å²) in [5.41, 5.74) is 6.75. The van der Waals surface area contributed by atoms with Gasteiger partial charge in [0.1, 0.15) is 5.60 Å². The Bertz CT molecular complexity index is 520. The SMILES string of the molecule is CC(C)(C)OC(=O)N1CCN([C@H](CN)c2ccc(Br)cc2)CC1. The van der Waals surface area contributed by atoms with Crippen molar-refractivity contribution in [2.75, 3.05) is 32.7 Å². The van der Waals surface area contributed by atoms with Crippen LogP contribution in [0.25, 0.3) is 0 Å². The van der Waals surface area contributed by atoms with Crippen molar-refractivity contribution in [3.8, 4) is 0 Å². The van der Waals surface area contributed by atoms with Gasteiger partial charge in [-0.2, -0.15) is 0 Å². The van der Waals surface area contributed by atoms with Crippen molar-refractivity contribution in [3.05, 3.63) is 34.3 Å². The van der Waals surface area contributed by atoms with Gasteiger partial charge < -0.3 is 15.4 Å². The van der Waals surface area contributed by atoms with Gasteiger partial charge in [0, 0.05) is 43.2 Å². The Balaban J connectivity index is 1.94. The van der Waals surface area contributed by atoms with Gasteiger partial charge in [-0.05, 0) is 38.5 Å². The molecule has 1 saturated heterocycles. The molecule has 0 radical (unpaired) electrons. The summed E-state index contributed by atoms with van der Waals surface area (Å²) in [5, 5.41) is 0. The van der Waals surface area contributed by atoms with Crippen molar-refractivity contribution in [2.24, 2.45) is 5.73 Å². The first-order valence-electron chi connectivity index (χ1n) is 7.97. The lowest BCUT2D eigenvalue weighted by molar-refractivity contribution is 0.0106. The van der Waals surface area contributed by atoms with Gasteiger partial charge in [-0.1, -0.05) is 28.1 Å². The summed E-state index contributed by atoms with van der Waals surface area (Å²) in [6, 6.07) is 8.46. The summed E-state index contributed by atoms with van der Waals surface area (Å²) in [5.74, 6) is 0. The molecule has 23 heavy (non-hydrogen) atoms. The largest absolute Gasteiger partial charge is 0.444 e. The number of benzene rings is 1. The number of carbonyl (C=O) groups excluding carboxylic acids is 1. The maximum atomic E-state index is 12.1. The van der Waals surface area contributed by atoms with Gasteiger partial charge in [0.15, 0.2) is 0 Å². The van der Waals surface area contributed by atoms with Gasteiger partial charge in [0.25, 0.3) is 0 Å². The van der Waals surface area contributed by atoms with Crippen LogP contribution in [-0.2, 0) is 4.74 Å². The van der Waals surface area contributed by atoms with E-state index < -0.39 is 5.60 Å². The van der Waals surface area contributed by atoms with Crippen molar-refractivity contribution >= 4 is 22.0 Å². The van der Waals surface area contributed by atoms with Crippen LogP contribution in [0.1, 0.15) is 32.4 Å². The first kappa shape index (κ1) is 18.2. The van der Waals surface area contributed by atoms with Gasteiger partial charge in [0.05, 0.1) is 0 Å². The Hall–Kier alpha value is -1.11. The van der Waals surface area contributed by atoms with Crippen LogP contribution in [-0.4, -0.2) is 54.2 Å². The van der Waals surface area contributed by atoms with Crippen molar-refractivity contribution < 1.29 is 9.53 Å². The molecule has 1 aliphatic heterocycles. The van der Waals surface area contributed by atoms with Crippen molar-refractivity contribution in [1.82, 2.24) is 9.80 Å². The fourth-order valence-corrected chi connectivity index (χ4v) is 2.99. The fourth-order valence-electron chi connectivity index (χ4n) is 2.72. The molecule has 1 heterocycles. The molecule has 1 aromatic rings. The Morgan fingerprint density at radius 1 is 1.22 bits per heavy atom. The van der Waals surface area contributed by atoms with Crippen molar-refractivity contribution in [1.29, 1.82) is 0 Å². The summed E-state index contributed by atoms with van der Waals surface area (Å²) >= 11 is 3.46. The zero-order valence-corrected chi connectivity index (χ0v) is 15.7. The first-order valence-corrected chi connectivity index (χ1v) is 8.77. The molecule has 6 heteroatoms. The summed E-state index contributed by atoms with van der Waals surface area (Å²) in [6.07, 6.45) is -0.231. The lowest BCUT2D eigenvalue weighted by atomic mass is 10.0. The Labute approximate surface area is 146 Å². The van der Waals surface area contributed by atoms with Crippen LogP contribution in [0, 0.1) is 0 Å². The number of amides is 1. The summed E-state index contributed by atoms with van der Waals surface area (Å²) < 4.78 is 6.50. The number of ether oxygens (including phenoxy) is 1. The number of carbonyl (C=O) groups is 1. The van der Waals surface area contributed by atoms with Crippen LogP contribution >= 0.6 is 15.9 Å². The van der Waals surface area contributed by atoms with Gasteiger partial charge >= 0.3 is 6.09 Å². The van der Waals surface area contributed by atoms with Gasteiger partial charge in [0.2, 0.25) is 0 Å². The normalized spacial score (nSPS) is 17.9. The minimum atomic E-state index is -0.453. The second kappa shape index (κ2) is 7.64. The van der Waals surface area contributed by atoms with Crippen molar-refractivity contribution in [2.45, 2.75) is 32.4 Å². The van der Waals surface area contributed by atoms with E-state index in [0.29, 0.717) is 19.6 Å². The van der Waals surface area contributed by atoms with E-state index in [0.717, 1.165) is 17.6 Å². The monoisotopic (exact) mass is 383 g/mol. The number of hydrogen-bond donors (Lipinski definition) is 1. The summed E-state index contributed by atoms with van der Waals surface area (Å²) in [6.45, 7) is 9.17. The van der Waals surface area contributed by atoms with E-state index in [1.807, 2.05) is 32.9 Å². The molecule has 2 N–H and O–H groups in total. The molecular weight excluding hydrogens is 358 g/mol. The van der Waals surface area contributed by atoms with Gasteiger partial charge in [-0.3, -0.25) is 4.90 Å².